The number of aryl methyl sites for hydroxylation is 2. The lowest BCUT2D eigenvalue weighted by Gasteiger charge is -2.08. The van der Waals surface area contributed by atoms with E-state index in [0.717, 1.165) is 33.6 Å². The minimum atomic E-state index is 0.561. The van der Waals surface area contributed by atoms with E-state index >= 15 is 0 Å². The van der Waals surface area contributed by atoms with Gasteiger partial charge in [0.15, 0.2) is 0 Å². The third kappa shape index (κ3) is 2.47. The van der Waals surface area contributed by atoms with Gasteiger partial charge in [0.1, 0.15) is 11.6 Å². The highest BCUT2D eigenvalue weighted by Gasteiger charge is 2.12. The molecule has 0 aliphatic heterocycles. The van der Waals surface area contributed by atoms with Crippen molar-refractivity contribution >= 4 is 38.6 Å². The Morgan fingerprint density at radius 3 is 2.85 bits per heavy atom. The van der Waals surface area contributed by atoms with Crippen molar-refractivity contribution in [2.24, 2.45) is 7.05 Å². The van der Waals surface area contributed by atoms with Gasteiger partial charge >= 0.3 is 0 Å². The second kappa shape index (κ2) is 5.58. The van der Waals surface area contributed by atoms with Crippen LogP contribution in [0.4, 0.5) is 0 Å². The van der Waals surface area contributed by atoms with Crippen LogP contribution < -0.4 is 0 Å². The van der Waals surface area contributed by atoms with E-state index in [0.29, 0.717) is 12.4 Å². The first kappa shape index (κ1) is 13.6. The van der Waals surface area contributed by atoms with E-state index in [9.17, 15) is 0 Å². The highest BCUT2D eigenvalue weighted by molar-refractivity contribution is 9.10. The smallest absolute Gasteiger partial charge is 0.128 e. The third-order valence-corrected chi connectivity index (χ3v) is 4.01. The van der Waals surface area contributed by atoms with Crippen molar-refractivity contribution in [2.45, 2.75) is 13.0 Å². The van der Waals surface area contributed by atoms with Gasteiger partial charge in [-0.3, -0.25) is 0 Å². The molecule has 0 aliphatic rings. The zero-order valence-corrected chi connectivity index (χ0v) is 13.4. The number of rotatable bonds is 4. The van der Waals surface area contributed by atoms with Gasteiger partial charge in [0.05, 0.1) is 17.6 Å². The molecule has 0 saturated carbocycles. The van der Waals surface area contributed by atoms with Gasteiger partial charge in [0, 0.05) is 36.2 Å². The molecule has 3 aromatic rings. The van der Waals surface area contributed by atoms with Crippen LogP contribution in [-0.4, -0.2) is 25.0 Å². The molecule has 6 heteroatoms. The maximum absolute atomic E-state index is 5.90. The summed E-state index contributed by atoms with van der Waals surface area (Å²) in [6.45, 7) is 0.702. The van der Waals surface area contributed by atoms with Crippen molar-refractivity contribution < 1.29 is 0 Å². The van der Waals surface area contributed by atoms with Gasteiger partial charge in [-0.25, -0.2) is 9.97 Å². The molecule has 2 heterocycles. The first-order valence-corrected chi connectivity index (χ1v) is 7.68. The lowest BCUT2D eigenvalue weighted by Crippen LogP contribution is -2.09. The lowest BCUT2D eigenvalue weighted by molar-refractivity contribution is 0.682. The largest absolute Gasteiger partial charge is 0.337 e. The van der Waals surface area contributed by atoms with Crippen molar-refractivity contribution in [2.75, 3.05) is 5.88 Å². The Kier molecular flexibility index (Phi) is 3.81. The van der Waals surface area contributed by atoms with Crippen LogP contribution in [0.5, 0.6) is 0 Å². The average molecular weight is 354 g/mol. The van der Waals surface area contributed by atoms with Gasteiger partial charge in [-0.05, 0) is 18.2 Å². The number of imidazole rings is 2. The molecule has 0 atom stereocenters. The van der Waals surface area contributed by atoms with E-state index < -0.39 is 0 Å². The maximum atomic E-state index is 5.90. The number of fused-ring (bicyclic) bond motifs is 1. The molecular formula is C14H14BrClN4. The first-order valence-electron chi connectivity index (χ1n) is 6.36. The predicted octanol–water partition coefficient (Wildman–Crippen LogP) is 3.36. The molecule has 0 amide bonds. The van der Waals surface area contributed by atoms with Crippen molar-refractivity contribution in [1.82, 2.24) is 19.1 Å². The number of hydrogen-bond donors (Lipinski definition) is 0. The molecule has 0 spiro atoms. The number of halogens is 2. The van der Waals surface area contributed by atoms with Crippen LogP contribution >= 0.6 is 27.5 Å². The Morgan fingerprint density at radius 1 is 1.30 bits per heavy atom. The van der Waals surface area contributed by atoms with Gasteiger partial charge in [-0.15, -0.1) is 11.6 Å². The minimum absolute atomic E-state index is 0.561. The average Bonchev–Trinajstić information content (AvgIpc) is 2.96. The second-order valence-electron chi connectivity index (χ2n) is 4.64. The number of nitrogens with zero attached hydrogens (tertiary/aromatic N) is 4. The van der Waals surface area contributed by atoms with Gasteiger partial charge in [-0.1, -0.05) is 15.9 Å². The molecule has 2 aromatic heterocycles. The second-order valence-corrected chi connectivity index (χ2v) is 5.93. The van der Waals surface area contributed by atoms with Gasteiger partial charge in [0.25, 0.3) is 0 Å². The van der Waals surface area contributed by atoms with Gasteiger partial charge < -0.3 is 9.13 Å². The molecule has 0 fully saturated rings. The number of aromatic nitrogens is 4. The summed E-state index contributed by atoms with van der Waals surface area (Å²) >= 11 is 9.38. The minimum Gasteiger partial charge on any atom is -0.337 e. The number of hydrogen-bond acceptors (Lipinski definition) is 2. The molecule has 4 nitrogen and oxygen atoms in total. The molecule has 0 radical (unpaired) electrons. The van der Waals surface area contributed by atoms with Crippen molar-refractivity contribution in [3.05, 3.63) is 46.7 Å². The van der Waals surface area contributed by atoms with Crippen LogP contribution in [0.15, 0.2) is 35.1 Å². The summed E-state index contributed by atoms with van der Waals surface area (Å²) in [5, 5.41) is 0. The molecule has 104 valence electrons. The molecule has 3 rings (SSSR count). The van der Waals surface area contributed by atoms with Crippen molar-refractivity contribution in [3.8, 4) is 0 Å². The summed E-state index contributed by atoms with van der Waals surface area (Å²) in [6.07, 6.45) is 4.51. The van der Waals surface area contributed by atoms with E-state index in [-0.39, 0.29) is 0 Å². The summed E-state index contributed by atoms with van der Waals surface area (Å²) in [4.78, 5) is 9.07. The van der Waals surface area contributed by atoms with E-state index in [2.05, 4.69) is 36.5 Å². The lowest BCUT2D eigenvalue weighted by atomic mass is 10.3. The van der Waals surface area contributed by atoms with E-state index in [1.807, 2.05) is 36.1 Å². The summed E-state index contributed by atoms with van der Waals surface area (Å²) in [5.41, 5.74) is 2.09. The summed E-state index contributed by atoms with van der Waals surface area (Å²) in [6, 6.07) is 6.14. The zero-order chi connectivity index (χ0) is 14.1. The topological polar surface area (TPSA) is 35.6 Å². The Morgan fingerprint density at radius 2 is 2.15 bits per heavy atom. The zero-order valence-electron chi connectivity index (χ0n) is 11.1. The summed E-state index contributed by atoms with van der Waals surface area (Å²) in [7, 11) is 2.00. The molecule has 0 bridgehead atoms. The van der Waals surface area contributed by atoms with Crippen LogP contribution in [-0.2, 0) is 20.0 Å². The van der Waals surface area contributed by atoms with Crippen LogP contribution in [0, 0.1) is 0 Å². The highest BCUT2D eigenvalue weighted by Crippen LogP contribution is 2.22. The van der Waals surface area contributed by atoms with E-state index in [4.69, 9.17) is 11.6 Å². The van der Waals surface area contributed by atoms with Crippen LogP contribution in [0.3, 0.4) is 0 Å². The van der Waals surface area contributed by atoms with E-state index in [1.165, 1.54) is 0 Å². The predicted molar refractivity (Wildman–Crippen MR) is 84.2 cm³/mol. The molecule has 1 aromatic carbocycles. The Balaban J connectivity index is 2.11. The monoisotopic (exact) mass is 352 g/mol. The number of benzene rings is 1. The quantitative estimate of drug-likeness (QED) is 0.674. The Bertz CT molecular complexity index is 747. The standard InChI is InChI=1S/C14H14BrClN4/c1-19-7-6-17-14(19)9-20-12-3-2-10(15)8-11(12)18-13(20)4-5-16/h2-3,6-8H,4-5,9H2,1H3. The molecule has 0 unspecified atom stereocenters. The maximum Gasteiger partial charge on any atom is 0.128 e. The Hall–Kier alpha value is -1.33. The molecular weight excluding hydrogens is 340 g/mol. The van der Waals surface area contributed by atoms with Gasteiger partial charge in [0.2, 0.25) is 0 Å². The van der Waals surface area contributed by atoms with Crippen LogP contribution in [0.25, 0.3) is 11.0 Å². The highest BCUT2D eigenvalue weighted by atomic mass is 79.9. The fraction of sp³-hybridized carbons (Fsp3) is 0.286. The molecule has 0 aliphatic carbocycles. The fourth-order valence-electron chi connectivity index (χ4n) is 2.29. The molecule has 0 N–H and O–H groups in total. The van der Waals surface area contributed by atoms with Crippen LogP contribution in [0.1, 0.15) is 11.6 Å². The van der Waals surface area contributed by atoms with Crippen LogP contribution in [0.2, 0.25) is 0 Å². The SMILES string of the molecule is Cn1ccnc1Cn1c(CCCl)nc2cc(Br)ccc21. The van der Waals surface area contributed by atoms with Crippen molar-refractivity contribution in [1.29, 1.82) is 0 Å². The first-order chi connectivity index (χ1) is 9.69. The fourth-order valence-corrected chi connectivity index (χ4v) is 2.81. The summed E-state index contributed by atoms with van der Waals surface area (Å²) < 4.78 is 5.24. The molecule has 0 saturated heterocycles. The van der Waals surface area contributed by atoms with Crippen molar-refractivity contribution in [3.63, 3.8) is 0 Å². The third-order valence-electron chi connectivity index (χ3n) is 3.33. The normalized spacial score (nSPS) is 11.3. The molecule has 20 heavy (non-hydrogen) atoms. The summed E-state index contributed by atoms with van der Waals surface area (Å²) in [5.74, 6) is 2.56. The number of alkyl halides is 1. The van der Waals surface area contributed by atoms with E-state index in [1.54, 1.807) is 0 Å². The Labute approximate surface area is 130 Å². The van der Waals surface area contributed by atoms with Gasteiger partial charge in [-0.2, -0.15) is 0 Å².